The summed E-state index contributed by atoms with van der Waals surface area (Å²) in [6.45, 7) is 0. The summed E-state index contributed by atoms with van der Waals surface area (Å²) in [5, 5.41) is 13.4. The lowest BCUT2D eigenvalue weighted by Crippen LogP contribution is -2.19. The second kappa shape index (κ2) is 6.25. The highest BCUT2D eigenvalue weighted by molar-refractivity contribution is 5.47. The van der Waals surface area contributed by atoms with Crippen molar-refractivity contribution in [2.45, 2.75) is 12.5 Å². The third-order valence-electron chi connectivity index (χ3n) is 3.26. The largest absolute Gasteiger partial charge is 0.504 e. The summed E-state index contributed by atoms with van der Waals surface area (Å²) in [6.07, 6.45) is 0.818. The Hall–Kier alpha value is -2.00. The smallest absolute Gasteiger partial charge is 0.162 e. The van der Waals surface area contributed by atoms with Crippen molar-refractivity contribution in [1.82, 2.24) is 5.32 Å². The Labute approximate surface area is 113 Å². The number of rotatable bonds is 5. The van der Waals surface area contributed by atoms with Crippen molar-refractivity contribution in [3.05, 3.63) is 59.7 Å². The zero-order chi connectivity index (χ0) is 13.7. The molecule has 3 heteroatoms. The van der Waals surface area contributed by atoms with Crippen molar-refractivity contribution >= 4 is 0 Å². The number of phenols is 1. The number of phenolic OH excluding ortho intramolecular Hbond substituents is 1. The number of likely N-dealkylation sites (N-methyl/N-ethyl adjacent to an activating group) is 1. The average molecular weight is 257 g/mol. The lowest BCUT2D eigenvalue weighted by Gasteiger charge is -2.19. The predicted molar refractivity (Wildman–Crippen MR) is 76.6 cm³/mol. The number of benzene rings is 2. The van der Waals surface area contributed by atoms with Crippen molar-refractivity contribution in [3.8, 4) is 11.5 Å². The van der Waals surface area contributed by atoms with Gasteiger partial charge in [0.2, 0.25) is 0 Å². The maximum atomic E-state index is 10.2. The van der Waals surface area contributed by atoms with Crippen LogP contribution in [0.1, 0.15) is 17.2 Å². The normalized spacial score (nSPS) is 12.1. The maximum absolute atomic E-state index is 10.2. The molecule has 100 valence electrons. The van der Waals surface area contributed by atoms with Gasteiger partial charge in [0.05, 0.1) is 7.11 Å². The third kappa shape index (κ3) is 3.06. The summed E-state index contributed by atoms with van der Waals surface area (Å²) in [5.41, 5.74) is 2.08. The molecule has 2 aromatic carbocycles. The quantitative estimate of drug-likeness (QED) is 0.865. The van der Waals surface area contributed by atoms with Crippen LogP contribution < -0.4 is 10.1 Å². The molecule has 0 bridgehead atoms. The molecule has 0 radical (unpaired) electrons. The van der Waals surface area contributed by atoms with Gasteiger partial charge in [0.15, 0.2) is 11.5 Å². The zero-order valence-electron chi connectivity index (χ0n) is 11.3. The summed E-state index contributed by atoms with van der Waals surface area (Å²) < 4.78 is 5.15. The fourth-order valence-electron chi connectivity index (χ4n) is 2.20. The van der Waals surface area contributed by atoms with E-state index in [0.29, 0.717) is 5.75 Å². The van der Waals surface area contributed by atoms with Gasteiger partial charge in [-0.15, -0.1) is 0 Å². The molecule has 0 spiro atoms. The molecule has 0 aromatic heterocycles. The highest BCUT2D eigenvalue weighted by Gasteiger charge is 2.16. The van der Waals surface area contributed by atoms with E-state index in [4.69, 9.17) is 4.74 Å². The van der Waals surface area contributed by atoms with Crippen LogP contribution in [0, 0.1) is 0 Å². The Balaban J connectivity index is 2.27. The van der Waals surface area contributed by atoms with Crippen LogP contribution in [-0.2, 0) is 6.42 Å². The molecule has 0 amide bonds. The molecule has 0 aliphatic heterocycles. The fraction of sp³-hybridized carbons (Fsp3) is 0.250. The maximum Gasteiger partial charge on any atom is 0.162 e. The molecule has 3 nitrogen and oxygen atoms in total. The molecule has 2 rings (SSSR count). The Bertz CT molecular complexity index is 526. The van der Waals surface area contributed by atoms with E-state index in [1.54, 1.807) is 13.2 Å². The van der Waals surface area contributed by atoms with Gasteiger partial charge < -0.3 is 15.2 Å². The minimum atomic E-state index is 0.0532. The minimum absolute atomic E-state index is 0.0532. The number of nitrogens with one attached hydrogen (secondary N) is 1. The molecule has 0 saturated carbocycles. The second-order valence-corrected chi connectivity index (χ2v) is 4.43. The van der Waals surface area contributed by atoms with Gasteiger partial charge in [-0.2, -0.15) is 0 Å². The molecule has 0 aliphatic carbocycles. The first kappa shape index (κ1) is 13.4. The van der Waals surface area contributed by atoms with E-state index < -0.39 is 0 Å². The van der Waals surface area contributed by atoms with Gasteiger partial charge in [0.1, 0.15) is 0 Å². The number of methoxy groups -OCH3 is 1. The fourth-order valence-corrected chi connectivity index (χ4v) is 2.20. The van der Waals surface area contributed by atoms with Crippen LogP contribution in [0.15, 0.2) is 48.5 Å². The monoisotopic (exact) mass is 257 g/mol. The summed E-state index contributed by atoms with van der Waals surface area (Å²) >= 11 is 0. The number of hydrogen-bond acceptors (Lipinski definition) is 3. The Kier molecular flexibility index (Phi) is 4.42. The molecule has 0 saturated heterocycles. The molecule has 0 heterocycles. The van der Waals surface area contributed by atoms with E-state index in [-0.39, 0.29) is 11.8 Å². The third-order valence-corrected chi connectivity index (χ3v) is 3.26. The zero-order valence-corrected chi connectivity index (χ0v) is 11.3. The molecule has 2 N–H and O–H groups in total. The molecule has 2 aromatic rings. The molecule has 0 unspecified atom stereocenters. The summed E-state index contributed by atoms with van der Waals surface area (Å²) in [7, 11) is 3.46. The Morgan fingerprint density at radius 2 is 1.84 bits per heavy atom. The highest BCUT2D eigenvalue weighted by atomic mass is 16.5. The van der Waals surface area contributed by atoms with Gasteiger partial charge in [-0.25, -0.2) is 0 Å². The highest BCUT2D eigenvalue weighted by Crippen LogP contribution is 2.34. The molecular weight excluding hydrogens is 238 g/mol. The van der Waals surface area contributed by atoms with E-state index in [9.17, 15) is 5.11 Å². The molecule has 0 aliphatic rings. The Morgan fingerprint density at radius 1 is 1.11 bits per heavy atom. The molecular formula is C16H19NO2. The van der Waals surface area contributed by atoms with Crippen LogP contribution in [0.3, 0.4) is 0 Å². The van der Waals surface area contributed by atoms with Crippen LogP contribution in [0.2, 0.25) is 0 Å². The van der Waals surface area contributed by atoms with Gasteiger partial charge in [-0.05, 0) is 25.1 Å². The molecule has 1 atom stereocenters. The minimum Gasteiger partial charge on any atom is -0.504 e. The van der Waals surface area contributed by atoms with E-state index in [1.807, 2.05) is 37.4 Å². The van der Waals surface area contributed by atoms with Crippen molar-refractivity contribution in [2.24, 2.45) is 0 Å². The average Bonchev–Trinajstić information content (AvgIpc) is 2.46. The van der Waals surface area contributed by atoms with Gasteiger partial charge >= 0.3 is 0 Å². The first-order chi connectivity index (χ1) is 9.26. The van der Waals surface area contributed by atoms with E-state index in [2.05, 4.69) is 17.4 Å². The van der Waals surface area contributed by atoms with Crippen molar-refractivity contribution in [3.63, 3.8) is 0 Å². The van der Waals surface area contributed by atoms with Gasteiger partial charge in [-0.1, -0.05) is 42.5 Å². The standard InChI is InChI=1S/C16H19NO2/c1-17-14(11-12-7-4-3-5-8-12)13-9-6-10-15(19-2)16(13)18/h3-10,14,17-18H,11H2,1-2H3/t14-/m0/s1. The van der Waals surface area contributed by atoms with Crippen molar-refractivity contribution in [1.29, 1.82) is 0 Å². The van der Waals surface area contributed by atoms with Crippen LogP contribution in [0.25, 0.3) is 0 Å². The second-order valence-electron chi connectivity index (χ2n) is 4.43. The SMILES string of the molecule is CN[C@@H](Cc1ccccc1)c1cccc(OC)c1O. The predicted octanol–water partition coefficient (Wildman–Crippen LogP) is 2.90. The topological polar surface area (TPSA) is 41.5 Å². The van der Waals surface area contributed by atoms with E-state index in [0.717, 1.165) is 12.0 Å². The van der Waals surface area contributed by atoms with Crippen molar-refractivity contribution < 1.29 is 9.84 Å². The van der Waals surface area contributed by atoms with Crippen LogP contribution in [0.5, 0.6) is 11.5 Å². The van der Waals surface area contributed by atoms with E-state index in [1.165, 1.54) is 5.56 Å². The first-order valence-corrected chi connectivity index (χ1v) is 6.33. The van der Waals surface area contributed by atoms with Gasteiger partial charge in [-0.3, -0.25) is 0 Å². The number of para-hydroxylation sites is 1. The van der Waals surface area contributed by atoms with Crippen LogP contribution in [0.4, 0.5) is 0 Å². The van der Waals surface area contributed by atoms with Crippen molar-refractivity contribution in [2.75, 3.05) is 14.2 Å². The lowest BCUT2D eigenvalue weighted by atomic mass is 9.98. The summed E-state index contributed by atoms with van der Waals surface area (Å²) in [5.74, 6) is 0.714. The number of ether oxygens (including phenoxy) is 1. The van der Waals surface area contributed by atoms with E-state index >= 15 is 0 Å². The lowest BCUT2D eigenvalue weighted by molar-refractivity contribution is 0.366. The molecule has 19 heavy (non-hydrogen) atoms. The molecule has 0 fully saturated rings. The van der Waals surface area contributed by atoms with Gasteiger partial charge in [0.25, 0.3) is 0 Å². The summed E-state index contributed by atoms with van der Waals surface area (Å²) in [6, 6.07) is 15.8. The Morgan fingerprint density at radius 3 is 2.47 bits per heavy atom. The van der Waals surface area contributed by atoms with Crippen LogP contribution >= 0.6 is 0 Å². The van der Waals surface area contributed by atoms with Crippen LogP contribution in [-0.4, -0.2) is 19.3 Å². The van der Waals surface area contributed by atoms with Gasteiger partial charge in [0, 0.05) is 11.6 Å². The number of aromatic hydroxyl groups is 1. The number of hydrogen-bond donors (Lipinski definition) is 2. The first-order valence-electron chi connectivity index (χ1n) is 6.33. The summed E-state index contributed by atoms with van der Waals surface area (Å²) in [4.78, 5) is 0.